The monoisotopic (exact) mass is 395 g/mol. The molecule has 0 N–H and O–H groups in total. The maximum atomic E-state index is 14.2. The van der Waals surface area contributed by atoms with Crippen molar-refractivity contribution in [2.24, 2.45) is 0 Å². The van der Waals surface area contributed by atoms with Crippen LogP contribution in [0.25, 0.3) is 0 Å². The highest BCUT2D eigenvalue weighted by Gasteiger charge is 2.28. The summed E-state index contributed by atoms with van der Waals surface area (Å²) in [5, 5.41) is 0. The summed E-state index contributed by atoms with van der Waals surface area (Å²) in [5.74, 6) is -1.90. The third-order valence-corrected chi connectivity index (χ3v) is 4.07. The first-order valence-electron chi connectivity index (χ1n) is 6.92. The van der Waals surface area contributed by atoms with Crippen LogP contribution in [0.1, 0.15) is 5.56 Å². The first-order chi connectivity index (χ1) is 11.4. The molecule has 0 bridgehead atoms. The molecule has 0 saturated carbocycles. The number of allylic oxidation sites excluding steroid dienone is 2. The average molecular weight is 396 g/mol. The van der Waals surface area contributed by atoms with Crippen molar-refractivity contribution in [2.75, 3.05) is 19.1 Å². The van der Waals surface area contributed by atoms with E-state index < -0.39 is 17.8 Å². The molecule has 0 amide bonds. The van der Waals surface area contributed by atoms with Crippen LogP contribution in [0, 0.1) is 12.7 Å². The van der Waals surface area contributed by atoms with Gasteiger partial charge in [0.2, 0.25) is 0 Å². The number of esters is 2. The Hall–Kier alpha value is -2.41. The van der Waals surface area contributed by atoms with Crippen LogP contribution >= 0.6 is 15.9 Å². The van der Waals surface area contributed by atoms with Gasteiger partial charge in [-0.1, -0.05) is 6.08 Å². The predicted molar refractivity (Wildman–Crippen MR) is 90.7 cm³/mol. The van der Waals surface area contributed by atoms with E-state index in [0.29, 0.717) is 15.7 Å². The molecule has 126 valence electrons. The minimum Gasteiger partial charge on any atom is -0.465 e. The number of nitrogens with zero attached hydrogens (tertiary/aromatic N) is 1. The molecular formula is C17H15BrFNO4. The zero-order valence-electron chi connectivity index (χ0n) is 13.3. The van der Waals surface area contributed by atoms with Gasteiger partial charge in [-0.25, -0.2) is 14.0 Å². The van der Waals surface area contributed by atoms with Crippen LogP contribution in [0.4, 0.5) is 10.1 Å². The molecule has 0 fully saturated rings. The lowest BCUT2D eigenvalue weighted by molar-refractivity contribution is -0.139. The second-order valence-corrected chi connectivity index (χ2v) is 5.68. The summed E-state index contributed by atoms with van der Waals surface area (Å²) in [6.45, 7) is 1.58. The van der Waals surface area contributed by atoms with Gasteiger partial charge in [0.25, 0.3) is 0 Å². The van der Waals surface area contributed by atoms with Gasteiger partial charge in [0.05, 0.1) is 30.0 Å². The quantitative estimate of drug-likeness (QED) is 0.734. The van der Waals surface area contributed by atoms with E-state index in [-0.39, 0.29) is 11.3 Å². The van der Waals surface area contributed by atoms with E-state index in [1.54, 1.807) is 31.3 Å². The van der Waals surface area contributed by atoms with Gasteiger partial charge in [0.15, 0.2) is 0 Å². The van der Waals surface area contributed by atoms with E-state index in [1.165, 1.54) is 31.3 Å². The number of hydrogen-bond acceptors (Lipinski definition) is 5. The molecule has 1 heterocycles. The highest BCUT2D eigenvalue weighted by Crippen LogP contribution is 2.32. The molecule has 1 aliphatic rings. The van der Waals surface area contributed by atoms with Crippen molar-refractivity contribution < 1.29 is 23.5 Å². The second-order valence-electron chi connectivity index (χ2n) is 4.82. The van der Waals surface area contributed by atoms with Gasteiger partial charge in [0.1, 0.15) is 11.5 Å². The van der Waals surface area contributed by atoms with Gasteiger partial charge in [0, 0.05) is 11.8 Å². The highest BCUT2D eigenvalue weighted by atomic mass is 79.9. The van der Waals surface area contributed by atoms with Gasteiger partial charge in [-0.2, -0.15) is 0 Å². The van der Waals surface area contributed by atoms with Gasteiger partial charge >= 0.3 is 11.9 Å². The molecule has 1 aromatic carbocycles. The Morgan fingerprint density at radius 3 is 2.42 bits per heavy atom. The third kappa shape index (κ3) is 3.26. The molecule has 5 nitrogen and oxygen atoms in total. The Balaban J connectivity index is 2.73. The Labute approximate surface area is 147 Å². The van der Waals surface area contributed by atoms with Gasteiger partial charge in [-0.05, 0) is 47.1 Å². The van der Waals surface area contributed by atoms with Crippen molar-refractivity contribution >= 4 is 33.6 Å². The van der Waals surface area contributed by atoms with Crippen molar-refractivity contribution in [3.8, 4) is 0 Å². The Bertz CT molecular complexity index is 783. The number of methoxy groups -OCH3 is 2. The molecule has 0 unspecified atom stereocenters. The lowest BCUT2D eigenvalue weighted by Crippen LogP contribution is -2.27. The molecule has 7 heteroatoms. The first kappa shape index (κ1) is 17.9. The lowest BCUT2D eigenvalue weighted by atomic mass is 10.1. The van der Waals surface area contributed by atoms with E-state index in [9.17, 15) is 14.0 Å². The number of anilines is 1. The Morgan fingerprint density at radius 2 is 1.79 bits per heavy atom. The summed E-state index contributed by atoms with van der Waals surface area (Å²) in [6.07, 6.45) is 6.20. The number of hydrogen-bond donors (Lipinski definition) is 0. The predicted octanol–water partition coefficient (Wildman–Crippen LogP) is 3.39. The number of benzene rings is 1. The molecule has 2 rings (SSSR count). The van der Waals surface area contributed by atoms with Crippen molar-refractivity contribution in [3.05, 3.63) is 63.7 Å². The molecule has 24 heavy (non-hydrogen) atoms. The highest BCUT2D eigenvalue weighted by molar-refractivity contribution is 9.10. The standard InChI is InChI=1S/C17H15BrFNO4/c1-10-13(8-7-12(18)14(10)19)20-9-5-4-6-11(16(21)23-2)15(20)17(22)24-3/h4-9H,1-3H3. The summed E-state index contributed by atoms with van der Waals surface area (Å²) < 4.78 is 24.1. The van der Waals surface area contributed by atoms with Gasteiger partial charge < -0.3 is 14.4 Å². The summed E-state index contributed by atoms with van der Waals surface area (Å²) in [5.41, 5.74) is 0.662. The number of rotatable bonds is 3. The summed E-state index contributed by atoms with van der Waals surface area (Å²) in [6, 6.07) is 3.16. The van der Waals surface area contributed by atoms with Crippen LogP contribution in [0.3, 0.4) is 0 Å². The molecule has 0 aliphatic carbocycles. The molecule has 0 radical (unpaired) electrons. The van der Waals surface area contributed by atoms with Gasteiger partial charge in [-0.15, -0.1) is 0 Å². The Morgan fingerprint density at radius 1 is 1.12 bits per heavy atom. The summed E-state index contributed by atoms with van der Waals surface area (Å²) >= 11 is 3.12. The molecule has 0 atom stereocenters. The minimum atomic E-state index is -0.741. The molecule has 0 spiro atoms. The summed E-state index contributed by atoms with van der Waals surface area (Å²) in [7, 11) is 2.42. The number of ether oxygens (including phenoxy) is 2. The number of carbonyl (C=O) groups is 2. The van der Waals surface area contributed by atoms with Crippen molar-refractivity contribution in [2.45, 2.75) is 6.92 Å². The lowest BCUT2D eigenvalue weighted by Gasteiger charge is -2.25. The smallest absolute Gasteiger partial charge is 0.355 e. The van der Waals surface area contributed by atoms with E-state index >= 15 is 0 Å². The summed E-state index contributed by atoms with van der Waals surface area (Å²) in [4.78, 5) is 25.8. The fourth-order valence-electron chi connectivity index (χ4n) is 2.25. The zero-order valence-corrected chi connectivity index (χ0v) is 14.9. The zero-order chi connectivity index (χ0) is 17.9. The minimum absolute atomic E-state index is 0.0112. The second kappa shape index (κ2) is 7.44. The Kier molecular flexibility index (Phi) is 5.56. The molecule has 0 saturated heterocycles. The van der Waals surface area contributed by atoms with E-state index in [0.717, 1.165) is 0 Å². The average Bonchev–Trinajstić information content (AvgIpc) is 2.81. The normalized spacial score (nSPS) is 13.8. The topological polar surface area (TPSA) is 55.8 Å². The molecule has 1 aromatic rings. The molecule has 0 aromatic heterocycles. The third-order valence-electron chi connectivity index (χ3n) is 3.46. The largest absolute Gasteiger partial charge is 0.465 e. The van der Waals surface area contributed by atoms with Crippen LogP contribution in [-0.2, 0) is 19.1 Å². The van der Waals surface area contributed by atoms with E-state index in [1.807, 2.05) is 0 Å². The fraction of sp³-hybridized carbons (Fsp3) is 0.176. The van der Waals surface area contributed by atoms with Crippen molar-refractivity contribution in [3.63, 3.8) is 0 Å². The maximum absolute atomic E-state index is 14.2. The maximum Gasteiger partial charge on any atom is 0.355 e. The van der Waals surface area contributed by atoms with E-state index in [4.69, 9.17) is 9.47 Å². The van der Waals surface area contributed by atoms with Crippen LogP contribution in [0.2, 0.25) is 0 Å². The SMILES string of the molecule is COC(=O)C1=C(C(=O)OC)N(c2ccc(Br)c(F)c2C)C=CC=C1. The van der Waals surface area contributed by atoms with Crippen LogP contribution in [-0.4, -0.2) is 26.2 Å². The number of halogens is 2. The van der Waals surface area contributed by atoms with Crippen LogP contribution in [0.5, 0.6) is 0 Å². The molecular weight excluding hydrogens is 381 g/mol. The van der Waals surface area contributed by atoms with Crippen molar-refractivity contribution in [1.82, 2.24) is 0 Å². The number of carbonyl (C=O) groups excluding carboxylic acids is 2. The van der Waals surface area contributed by atoms with Gasteiger partial charge in [-0.3, -0.25) is 0 Å². The van der Waals surface area contributed by atoms with Crippen LogP contribution in [0.15, 0.2) is 52.3 Å². The first-order valence-corrected chi connectivity index (χ1v) is 7.71. The molecule has 1 aliphatic heterocycles. The van der Waals surface area contributed by atoms with Crippen molar-refractivity contribution in [1.29, 1.82) is 0 Å². The van der Waals surface area contributed by atoms with Crippen LogP contribution < -0.4 is 4.90 Å². The van der Waals surface area contributed by atoms with E-state index in [2.05, 4.69) is 15.9 Å². The fourth-order valence-corrected chi connectivity index (χ4v) is 2.68.